The normalized spacial score (nSPS) is 18.4. The summed E-state index contributed by atoms with van der Waals surface area (Å²) in [7, 11) is -1.23. The van der Waals surface area contributed by atoms with Gasteiger partial charge in [-0.25, -0.2) is 18.4 Å². The zero-order chi connectivity index (χ0) is 18.6. The average molecular weight is 374 g/mol. The molecule has 26 heavy (non-hydrogen) atoms. The van der Waals surface area contributed by atoms with E-state index in [4.69, 9.17) is 0 Å². The third-order valence-electron chi connectivity index (χ3n) is 4.49. The molecule has 2 aromatic rings. The van der Waals surface area contributed by atoms with Crippen LogP contribution in [0.15, 0.2) is 42.6 Å². The lowest BCUT2D eigenvalue weighted by Gasteiger charge is -2.23. The Kier molecular flexibility index (Phi) is 5.51. The van der Waals surface area contributed by atoms with Crippen molar-refractivity contribution in [3.8, 4) is 0 Å². The first-order valence-corrected chi connectivity index (χ1v) is 10.4. The third-order valence-corrected chi connectivity index (χ3v) is 6.24. The minimum Gasteiger partial charge on any atom is -0.350 e. The summed E-state index contributed by atoms with van der Waals surface area (Å²) in [6.07, 6.45) is 2.81. The van der Waals surface area contributed by atoms with Crippen LogP contribution in [-0.2, 0) is 16.3 Å². The number of aromatic nitrogens is 2. The second-order valence-electron chi connectivity index (χ2n) is 6.40. The number of nitrogens with zero attached hydrogens (tertiary/aromatic N) is 3. The molecule has 2 heterocycles. The number of benzene rings is 1. The molecular weight excluding hydrogens is 352 g/mol. The van der Waals surface area contributed by atoms with Gasteiger partial charge in [-0.2, -0.15) is 0 Å². The number of carbonyl (C=O) groups excluding carboxylic acids is 1. The SMILES string of the molecule is CN(c1nccc(C(=O)NCCc2ccccc2)n1)C1CCS(=O)(=O)C1. The Morgan fingerprint density at radius 1 is 1.27 bits per heavy atom. The van der Waals surface area contributed by atoms with Crippen LogP contribution < -0.4 is 10.2 Å². The minimum atomic E-state index is -2.99. The fourth-order valence-corrected chi connectivity index (χ4v) is 4.72. The number of hydrogen-bond donors (Lipinski definition) is 1. The van der Waals surface area contributed by atoms with Crippen LogP contribution in [0.2, 0.25) is 0 Å². The van der Waals surface area contributed by atoms with Crippen molar-refractivity contribution in [3.05, 3.63) is 53.9 Å². The van der Waals surface area contributed by atoms with Gasteiger partial charge in [0, 0.05) is 25.8 Å². The number of rotatable bonds is 6. The van der Waals surface area contributed by atoms with Crippen molar-refractivity contribution < 1.29 is 13.2 Å². The average Bonchev–Trinajstić information content (AvgIpc) is 3.02. The highest BCUT2D eigenvalue weighted by molar-refractivity contribution is 7.91. The molecule has 7 nitrogen and oxygen atoms in total. The van der Waals surface area contributed by atoms with Crippen molar-refractivity contribution >= 4 is 21.7 Å². The predicted octanol–water partition coefficient (Wildman–Crippen LogP) is 1.07. The van der Waals surface area contributed by atoms with E-state index in [0.717, 1.165) is 12.0 Å². The number of amides is 1. The molecule has 1 aromatic carbocycles. The Bertz CT molecular complexity index is 871. The van der Waals surface area contributed by atoms with Gasteiger partial charge in [-0.05, 0) is 24.5 Å². The molecule has 3 rings (SSSR count). The van der Waals surface area contributed by atoms with Gasteiger partial charge < -0.3 is 10.2 Å². The maximum atomic E-state index is 12.3. The molecule has 1 N–H and O–H groups in total. The van der Waals surface area contributed by atoms with Crippen LogP contribution in [0.1, 0.15) is 22.5 Å². The summed E-state index contributed by atoms with van der Waals surface area (Å²) >= 11 is 0. The highest BCUT2D eigenvalue weighted by Crippen LogP contribution is 2.20. The molecule has 0 radical (unpaired) electrons. The highest BCUT2D eigenvalue weighted by atomic mass is 32.2. The van der Waals surface area contributed by atoms with Gasteiger partial charge in [0.2, 0.25) is 5.95 Å². The van der Waals surface area contributed by atoms with Crippen molar-refractivity contribution in [2.24, 2.45) is 0 Å². The van der Waals surface area contributed by atoms with Crippen molar-refractivity contribution in [2.45, 2.75) is 18.9 Å². The van der Waals surface area contributed by atoms with Crippen LogP contribution in [-0.4, -0.2) is 55.4 Å². The first-order valence-electron chi connectivity index (χ1n) is 8.53. The van der Waals surface area contributed by atoms with Crippen LogP contribution >= 0.6 is 0 Å². The lowest BCUT2D eigenvalue weighted by Crippen LogP contribution is -2.34. The molecule has 8 heteroatoms. The summed E-state index contributed by atoms with van der Waals surface area (Å²) < 4.78 is 23.3. The first-order chi connectivity index (χ1) is 12.4. The molecule has 1 aromatic heterocycles. The third kappa shape index (κ3) is 4.57. The summed E-state index contributed by atoms with van der Waals surface area (Å²) in [5, 5.41) is 2.85. The smallest absolute Gasteiger partial charge is 0.270 e. The van der Waals surface area contributed by atoms with Crippen LogP contribution in [0.3, 0.4) is 0 Å². The minimum absolute atomic E-state index is 0.0976. The number of hydrogen-bond acceptors (Lipinski definition) is 6. The summed E-state index contributed by atoms with van der Waals surface area (Å²) in [6, 6.07) is 11.3. The second kappa shape index (κ2) is 7.82. The molecule has 1 atom stereocenters. The van der Waals surface area contributed by atoms with Crippen molar-refractivity contribution in [2.75, 3.05) is 30.0 Å². The van der Waals surface area contributed by atoms with Gasteiger partial charge in [0.05, 0.1) is 11.5 Å². The summed E-state index contributed by atoms with van der Waals surface area (Å²) in [4.78, 5) is 22.5. The van der Waals surface area contributed by atoms with Crippen molar-refractivity contribution in [3.63, 3.8) is 0 Å². The van der Waals surface area contributed by atoms with Gasteiger partial charge in [0.1, 0.15) is 5.69 Å². The molecule has 138 valence electrons. The first kappa shape index (κ1) is 18.3. The van der Waals surface area contributed by atoms with E-state index in [0.29, 0.717) is 18.9 Å². The van der Waals surface area contributed by atoms with E-state index >= 15 is 0 Å². The highest BCUT2D eigenvalue weighted by Gasteiger charge is 2.31. The van der Waals surface area contributed by atoms with E-state index in [1.165, 1.54) is 6.20 Å². The van der Waals surface area contributed by atoms with Crippen LogP contribution in [0, 0.1) is 0 Å². The maximum Gasteiger partial charge on any atom is 0.270 e. The van der Waals surface area contributed by atoms with E-state index in [1.54, 1.807) is 18.0 Å². The number of carbonyl (C=O) groups is 1. The molecule has 0 bridgehead atoms. The van der Waals surface area contributed by atoms with E-state index in [2.05, 4.69) is 15.3 Å². The van der Waals surface area contributed by atoms with E-state index in [1.807, 2.05) is 30.3 Å². The van der Waals surface area contributed by atoms with E-state index in [9.17, 15) is 13.2 Å². The Hall–Kier alpha value is -2.48. The standard InChI is InChI=1S/C18H22N4O3S/c1-22(15-9-12-26(24,25)13-15)18-20-11-8-16(21-18)17(23)19-10-7-14-5-3-2-4-6-14/h2-6,8,11,15H,7,9-10,12-13H2,1H3,(H,19,23). The lowest BCUT2D eigenvalue weighted by molar-refractivity contribution is 0.0949. The van der Waals surface area contributed by atoms with Crippen LogP contribution in [0.25, 0.3) is 0 Å². The Balaban J connectivity index is 1.60. The Labute approximate surface area is 153 Å². The fraction of sp³-hybridized carbons (Fsp3) is 0.389. The summed E-state index contributed by atoms with van der Waals surface area (Å²) in [5.41, 5.74) is 1.43. The van der Waals surface area contributed by atoms with Crippen molar-refractivity contribution in [1.29, 1.82) is 0 Å². The van der Waals surface area contributed by atoms with Gasteiger partial charge in [0.15, 0.2) is 9.84 Å². The van der Waals surface area contributed by atoms with Crippen LogP contribution in [0.4, 0.5) is 5.95 Å². The maximum absolute atomic E-state index is 12.3. The second-order valence-corrected chi connectivity index (χ2v) is 8.63. The lowest BCUT2D eigenvalue weighted by atomic mass is 10.1. The monoisotopic (exact) mass is 374 g/mol. The fourth-order valence-electron chi connectivity index (χ4n) is 2.94. The van der Waals surface area contributed by atoms with Gasteiger partial charge >= 0.3 is 0 Å². The van der Waals surface area contributed by atoms with Gasteiger partial charge in [-0.15, -0.1) is 0 Å². The van der Waals surface area contributed by atoms with Crippen molar-refractivity contribution in [1.82, 2.24) is 15.3 Å². The molecular formula is C18H22N4O3S. The predicted molar refractivity (Wildman–Crippen MR) is 100.0 cm³/mol. The topological polar surface area (TPSA) is 92.3 Å². The van der Waals surface area contributed by atoms with E-state index < -0.39 is 9.84 Å². The molecule has 1 unspecified atom stereocenters. The van der Waals surface area contributed by atoms with Crippen LogP contribution in [0.5, 0.6) is 0 Å². The molecule has 1 saturated heterocycles. The number of sulfone groups is 1. The zero-order valence-electron chi connectivity index (χ0n) is 14.6. The summed E-state index contributed by atoms with van der Waals surface area (Å²) in [6.45, 7) is 0.513. The zero-order valence-corrected chi connectivity index (χ0v) is 15.4. The molecule has 1 aliphatic rings. The number of nitrogens with one attached hydrogen (secondary N) is 1. The molecule has 0 saturated carbocycles. The molecule has 0 aliphatic carbocycles. The van der Waals surface area contributed by atoms with Gasteiger partial charge in [-0.3, -0.25) is 4.79 Å². The Morgan fingerprint density at radius 3 is 2.73 bits per heavy atom. The largest absolute Gasteiger partial charge is 0.350 e. The molecule has 1 aliphatic heterocycles. The molecule has 1 amide bonds. The number of anilines is 1. The van der Waals surface area contributed by atoms with Gasteiger partial charge in [-0.1, -0.05) is 30.3 Å². The van der Waals surface area contributed by atoms with E-state index in [-0.39, 0.29) is 29.1 Å². The molecule has 0 spiro atoms. The summed E-state index contributed by atoms with van der Waals surface area (Å²) in [5.74, 6) is 0.377. The molecule has 1 fully saturated rings. The van der Waals surface area contributed by atoms with Gasteiger partial charge in [0.25, 0.3) is 5.91 Å². The Morgan fingerprint density at radius 2 is 2.04 bits per heavy atom. The quantitative estimate of drug-likeness (QED) is 0.813.